The Labute approximate surface area is 102 Å². The molecule has 0 aromatic rings. The predicted octanol–water partition coefficient (Wildman–Crippen LogP) is 3.20. The van der Waals surface area contributed by atoms with Crippen LogP contribution >= 0.6 is 0 Å². The van der Waals surface area contributed by atoms with E-state index >= 15 is 0 Å². The van der Waals surface area contributed by atoms with Gasteiger partial charge in [0.2, 0.25) is 0 Å². The van der Waals surface area contributed by atoms with Crippen LogP contribution in [0.3, 0.4) is 0 Å². The standard InChI is InChI=1S/C14H31NO/c1-7-14(6,16)10-15-13(8-11(2)3)9-12(4)5/h11-13,15-16H,7-10H2,1-6H3. The van der Waals surface area contributed by atoms with Gasteiger partial charge in [0.1, 0.15) is 0 Å². The lowest BCUT2D eigenvalue weighted by Crippen LogP contribution is -2.43. The minimum absolute atomic E-state index is 0.540. The van der Waals surface area contributed by atoms with Crippen LogP contribution in [0.2, 0.25) is 0 Å². The molecule has 98 valence electrons. The van der Waals surface area contributed by atoms with Gasteiger partial charge < -0.3 is 10.4 Å². The van der Waals surface area contributed by atoms with E-state index < -0.39 is 5.60 Å². The molecule has 0 rings (SSSR count). The molecule has 1 unspecified atom stereocenters. The van der Waals surface area contributed by atoms with E-state index in [9.17, 15) is 5.11 Å². The van der Waals surface area contributed by atoms with Crippen molar-refractivity contribution in [2.24, 2.45) is 11.8 Å². The Morgan fingerprint density at radius 2 is 1.50 bits per heavy atom. The molecule has 2 N–H and O–H groups in total. The highest BCUT2D eigenvalue weighted by Gasteiger charge is 2.20. The number of aliphatic hydroxyl groups is 1. The Hall–Kier alpha value is -0.0800. The molecule has 0 spiro atoms. The largest absolute Gasteiger partial charge is 0.389 e. The fraction of sp³-hybridized carbons (Fsp3) is 1.00. The van der Waals surface area contributed by atoms with Crippen LogP contribution in [-0.4, -0.2) is 23.3 Å². The van der Waals surface area contributed by atoms with Crippen molar-refractivity contribution < 1.29 is 5.11 Å². The smallest absolute Gasteiger partial charge is 0.0741 e. The first-order valence-electron chi connectivity index (χ1n) is 6.72. The lowest BCUT2D eigenvalue weighted by Gasteiger charge is -2.28. The zero-order valence-corrected chi connectivity index (χ0v) is 12.0. The second kappa shape index (κ2) is 7.29. The summed E-state index contributed by atoms with van der Waals surface area (Å²) in [5.74, 6) is 1.42. The van der Waals surface area contributed by atoms with Crippen LogP contribution < -0.4 is 5.32 Å². The van der Waals surface area contributed by atoms with Gasteiger partial charge in [0, 0.05) is 12.6 Å². The Morgan fingerprint density at radius 1 is 1.06 bits per heavy atom. The molecule has 0 aliphatic heterocycles. The van der Waals surface area contributed by atoms with Crippen LogP contribution in [0.25, 0.3) is 0 Å². The minimum Gasteiger partial charge on any atom is -0.389 e. The molecule has 2 nitrogen and oxygen atoms in total. The van der Waals surface area contributed by atoms with E-state index in [2.05, 4.69) is 33.0 Å². The van der Waals surface area contributed by atoms with Crippen molar-refractivity contribution in [3.8, 4) is 0 Å². The summed E-state index contributed by atoms with van der Waals surface area (Å²) in [6, 6.07) is 0.540. The summed E-state index contributed by atoms with van der Waals surface area (Å²) in [4.78, 5) is 0. The lowest BCUT2D eigenvalue weighted by molar-refractivity contribution is 0.0511. The highest BCUT2D eigenvalue weighted by molar-refractivity contribution is 4.78. The van der Waals surface area contributed by atoms with E-state index in [-0.39, 0.29) is 0 Å². The van der Waals surface area contributed by atoms with Crippen molar-refractivity contribution in [2.75, 3.05) is 6.54 Å². The van der Waals surface area contributed by atoms with Crippen LogP contribution in [0, 0.1) is 11.8 Å². The Bertz CT molecular complexity index is 166. The van der Waals surface area contributed by atoms with E-state index in [0.29, 0.717) is 24.4 Å². The first-order chi connectivity index (χ1) is 7.26. The molecular weight excluding hydrogens is 198 g/mol. The third kappa shape index (κ3) is 8.12. The normalized spacial score (nSPS) is 16.1. The van der Waals surface area contributed by atoms with Gasteiger partial charge in [-0.3, -0.25) is 0 Å². The zero-order chi connectivity index (χ0) is 12.8. The van der Waals surface area contributed by atoms with Crippen molar-refractivity contribution >= 4 is 0 Å². The summed E-state index contributed by atoms with van der Waals surface area (Å²) in [5, 5.41) is 13.5. The summed E-state index contributed by atoms with van der Waals surface area (Å²) in [7, 11) is 0. The molecule has 0 saturated heterocycles. The van der Waals surface area contributed by atoms with Gasteiger partial charge in [-0.2, -0.15) is 0 Å². The van der Waals surface area contributed by atoms with E-state index in [1.54, 1.807) is 0 Å². The fourth-order valence-electron chi connectivity index (χ4n) is 1.89. The minimum atomic E-state index is -0.563. The SMILES string of the molecule is CCC(C)(O)CNC(CC(C)C)CC(C)C. The zero-order valence-electron chi connectivity index (χ0n) is 12.0. The lowest BCUT2D eigenvalue weighted by atomic mass is 9.94. The summed E-state index contributed by atoms with van der Waals surface area (Å²) >= 11 is 0. The molecule has 0 saturated carbocycles. The summed E-state index contributed by atoms with van der Waals surface area (Å²) < 4.78 is 0. The van der Waals surface area contributed by atoms with Gasteiger partial charge in [0.25, 0.3) is 0 Å². The van der Waals surface area contributed by atoms with Crippen LogP contribution in [0.1, 0.15) is 60.8 Å². The molecule has 0 aromatic carbocycles. The first-order valence-corrected chi connectivity index (χ1v) is 6.72. The maximum Gasteiger partial charge on any atom is 0.0741 e. The summed E-state index contributed by atoms with van der Waals surface area (Å²) in [5.41, 5.74) is -0.563. The Morgan fingerprint density at radius 3 is 1.81 bits per heavy atom. The quantitative estimate of drug-likeness (QED) is 0.670. The summed E-state index contributed by atoms with van der Waals surface area (Å²) in [6.07, 6.45) is 3.19. The third-order valence-electron chi connectivity index (χ3n) is 3.05. The van der Waals surface area contributed by atoms with Crippen molar-refractivity contribution in [2.45, 2.75) is 72.4 Å². The van der Waals surface area contributed by atoms with Crippen LogP contribution in [0.5, 0.6) is 0 Å². The molecule has 0 radical (unpaired) electrons. The average Bonchev–Trinajstić information content (AvgIpc) is 2.13. The Kier molecular flexibility index (Phi) is 7.25. The van der Waals surface area contributed by atoms with E-state index in [1.807, 2.05) is 13.8 Å². The third-order valence-corrected chi connectivity index (χ3v) is 3.05. The van der Waals surface area contributed by atoms with Gasteiger partial charge in [0.05, 0.1) is 5.60 Å². The molecular formula is C14H31NO. The number of nitrogens with one attached hydrogen (secondary N) is 1. The highest BCUT2D eigenvalue weighted by Crippen LogP contribution is 2.15. The van der Waals surface area contributed by atoms with Crippen LogP contribution in [0.15, 0.2) is 0 Å². The molecule has 2 heteroatoms. The molecule has 0 amide bonds. The van der Waals surface area contributed by atoms with Crippen LogP contribution in [0.4, 0.5) is 0 Å². The van der Waals surface area contributed by atoms with Crippen molar-refractivity contribution in [3.63, 3.8) is 0 Å². The van der Waals surface area contributed by atoms with Gasteiger partial charge in [0.15, 0.2) is 0 Å². The van der Waals surface area contributed by atoms with Gasteiger partial charge in [-0.15, -0.1) is 0 Å². The Balaban J connectivity index is 4.10. The van der Waals surface area contributed by atoms with Gasteiger partial charge in [-0.05, 0) is 38.0 Å². The van der Waals surface area contributed by atoms with E-state index in [0.717, 1.165) is 6.42 Å². The second-order valence-corrected chi connectivity index (χ2v) is 6.19. The first kappa shape index (κ1) is 15.9. The fourth-order valence-corrected chi connectivity index (χ4v) is 1.89. The monoisotopic (exact) mass is 229 g/mol. The summed E-state index contributed by atoms with van der Waals surface area (Å²) in [6.45, 7) is 13.7. The second-order valence-electron chi connectivity index (χ2n) is 6.19. The molecule has 0 heterocycles. The molecule has 0 fully saturated rings. The van der Waals surface area contributed by atoms with E-state index in [4.69, 9.17) is 0 Å². The number of rotatable bonds is 8. The van der Waals surface area contributed by atoms with Crippen molar-refractivity contribution in [3.05, 3.63) is 0 Å². The van der Waals surface area contributed by atoms with Crippen LogP contribution in [-0.2, 0) is 0 Å². The highest BCUT2D eigenvalue weighted by atomic mass is 16.3. The molecule has 0 bridgehead atoms. The van der Waals surface area contributed by atoms with Crippen molar-refractivity contribution in [1.82, 2.24) is 5.32 Å². The molecule has 0 aliphatic rings. The van der Waals surface area contributed by atoms with E-state index in [1.165, 1.54) is 12.8 Å². The van der Waals surface area contributed by atoms with Crippen molar-refractivity contribution in [1.29, 1.82) is 0 Å². The maximum atomic E-state index is 9.98. The number of hydrogen-bond donors (Lipinski definition) is 2. The predicted molar refractivity (Wildman–Crippen MR) is 71.6 cm³/mol. The van der Waals surface area contributed by atoms with Gasteiger partial charge in [-0.25, -0.2) is 0 Å². The van der Waals surface area contributed by atoms with Gasteiger partial charge in [-0.1, -0.05) is 34.6 Å². The number of hydrogen-bond acceptors (Lipinski definition) is 2. The topological polar surface area (TPSA) is 32.3 Å². The molecule has 1 atom stereocenters. The molecule has 16 heavy (non-hydrogen) atoms. The molecule has 0 aromatic heterocycles. The average molecular weight is 229 g/mol. The van der Waals surface area contributed by atoms with Gasteiger partial charge >= 0.3 is 0 Å². The molecule has 0 aliphatic carbocycles. The maximum absolute atomic E-state index is 9.98.